The second-order valence-electron chi connectivity index (χ2n) is 7.64. The molecule has 3 rings (SSSR count). The van der Waals surface area contributed by atoms with Crippen molar-refractivity contribution in [2.45, 2.75) is 45.1 Å². The molecule has 1 amide bonds. The number of aromatic amines is 1. The van der Waals surface area contributed by atoms with Gasteiger partial charge < -0.3 is 14.6 Å². The fourth-order valence-electron chi connectivity index (χ4n) is 3.20. The van der Waals surface area contributed by atoms with Gasteiger partial charge in [0.05, 0.1) is 5.75 Å². The summed E-state index contributed by atoms with van der Waals surface area (Å²) in [6.45, 7) is 3.81. The van der Waals surface area contributed by atoms with Gasteiger partial charge in [0.2, 0.25) is 5.91 Å². The molecule has 1 atom stereocenters. The number of ether oxygens (including phenoxy) is 1. The van der Waals surface area contributed by atoms with Gasteiger partial charge in [0, 0.05) is 19.3 Å². The number of halogens is 1. The summed E-state index contributed by atoms with van der Waals surface area (Å²) in [5, 5.41) is 1.98. The molecule has 12 heteroatoms. The van der Waals surface area contributed by atoms with Gasteiger partial charge in [-0.25, -0.2) is 14.2 Å². The number of rotatable bonds is 10. The lowest BCUT2D eigenvalue weighted by Gasteiger charge is -2.11. The fourth-order valence-corrected chi connectivity index (χ4v) is 3.87. The van der Waals surface area contributed by atoms with E-state index in [0.29, 0.717) is 18.1 Å². The fraction of sp³-hybridized carbons (Fsp3) is 0.409. The molecular weight excluding hydrogens is 465 g/mol. The minimum absolute atomic E-state index is 0.000977. The second kappa shape index (κ2) is 11.1. The summed E-state index contributed by atoms with van der Waals surface area (Å²) in [5.74, 6) is -0.979. The van der Waals surface area contributed by atoms with E-state index in [1.807, 2.05) is 6.92 Å². The largest absolute Gasteiger partial charge is 0.457 e. The molecule has 10 nitrogen and oxygen atoms in total. The van der Waals surface area contributed by atoms with Crippen molar-refractivity contribution < 1.29 is 18.7 Å². The number of esters is 1. The highest BCUT2D eigenvalue weighted by atomic mass is 32.2. The van der Waals surface area contributed by atoms with Crippen LogP contribution in [0.1, 0.15) is 32.5 Å². The lowest BCUT2D eigenvalue weighted by Crippen LogP contribution is -2.31. The van der Waals surface area contributed by atoms with Crippen molar-refractivity contribution in [1.82, 2.24) is 19.1 Å². The molecule has 0 spiro atoms. The Kier molecular flexibility index (Phi) is 8.26. The van der Waals surface area contributed by atoms with E-state index in [1.54, 1.807) is 14.0 Å². The molecule has 0 aliphatic carbocycles. The molecule has 2 aromatic heterocycles. The highest BCUT2D eigenvalue weighted by Crippen LogP contribution is 2.16. The van der Waals surface area contributed by atoms with Crippen LogP contribution in [-0.4, -0.2) is 42.0 Å². The molecule has 3 aromatic rings. The molecule has 182 valence electrons. The number of hydrogen-bond acceptors (Lipinski definition) is 7. The van der Waals surface area contributed by atoms with Gasteiger partial charge >= 0.3 is 11.7 Å². The van der Waals surface area contributed by atoms with Crippen LogP contribution in [-0.2, 0) is 34.5 Å². The maximum Gasteiger partial charge on any atom is 0.330 e. The number of benzene rings is 1. The zero-order chi connectivity index (χ0) is 24.8. The second-order valence-corrected chi connectivity index (χ2v) is 8.97. The smallest absolute Gasteiger partial charge is 0.330 e. The predicted octanol–water partition coefficient (Wildman–Crippen LogP) is 2.17. The van der Waals surface area contributed by atoms with Crippen molar-refractivity contribution in [1.29, 1.82) is 0 Å². The van der Waals surface area contributed by atoms with E-state index in [0.717, 1.165) is 24.6 Å². The van der Waals surface area contributed by atoms with E-state index in [9.17, 15) is 23.6 Å². The van der Waals surface area contributed by atoms with Crippen LogP contribution in [0.2, 0.25) is 0 Å². The van der Waals surface area contributed by atoms with Crippen LogP contribution in [0.4, 0.5) is 10.1 Å². The quantitative estimate of drug-likeness (QED) is 0.416. The first-order valence-corrected chi connectivity index (χ1v) is 11.8. The molecule has 34 heavy (non-hydrogen) atoms. The van der Waals surface area contributed by atoms with Gasteiger partial charge in [-0.15, -0.1) is 11.8 Å². The van der Waals surface area contributed by atoms with Crippen LogP contribution in [0.15, 0.2) is 33.9 Å². The zero-order valence-electron chi connectivity index (χ0n) is 19.1. The summed E-state index contributed by atoms with van der Waals surface area (Å²) in [5.41, 5.74) is -0.165. The number of hydrogen-bond donors (Lipinski definition) is 2. The molecule has 0 radical (unpaired) electrons. The van der Waals surface area contributed by atoms with Gasteiger partial charge in [-0.1, -0.05) is 13.3 Å². The zero-order valence-corrected chi connectivity index (χ0v) is 19.9. The van der Waals surface area contributed by atoms with Crippen molar-refractivity contribution in [3.8, 4) is 0 Å². The molecule has 0 saturated heterocycles. The Balaban J connectivity index is 1.60. The number of anilines is 1. The summed E-state index contributed by atoms with van der Waals surface area (Å²) in [6, 6.07) is 5.36. The van der Waals surface area contributed by atoms with Gasteiger partial charge in [-0.05, 0) is 37.6 Å². The predicted molar refractivity (Wildman–Crippen MR) is 127 cm³/mol. The van der Waals surface area contributed by atoms with E-state index in [1.165, 1.54) is 33.4 Å². The van der Waals surface area contributed by atoms with E-state index < -0.39 is 28.3 Å². The Morgan fingerprint density at radius 1 is 1.26 bits per heavy atom. The summed E-state index contributed by atoms with van der Waals surface area (Å²) in [6.07, 6.45) is 1.60. The lowest BCUT2D eigenvalue weighted by atomic mass is 10.3. The number of carbonyl (C=O) groups is 2. The number of thioether (sulfide) groups is 1. The van der Waals surface area contributed by atoms with Crippen LogP contribution >= 0.6 is 11.8 Å². The molecule has 2 heterocycles. The van der Waals surface area contributed by atoms with Crippen LogP contribution in [0.5, 0.6) is 0 Å². The summed E-state index contributed by atoms with van der Waals surface area (Å²) in [7, 11) is 1.61. The molecule has 2 N–H and O–H groups in total. The molecule has 0 aliphatic heterocycles. The molecule has 0 fully saturated rings. The first-order chi connectivity index (χ1) is 16.2. The molecule has 1 aromatic carbocycles. The van der Waals surface area contributed by atoms with Crippen LogP contribution in [0.3, 0.4) is 0 Å². The van der Waals surface area contributed by atoms with Crippen LogP contribution < -0.4 is 16.6 Å². The number of carbonyl (C=O) groups excluding carboxylic acids is 2. The number of imidazole rings is 1. The van der Waals surface area contributed by atoms with Gasteiger partial charge in [0.25, 0.3) is 5.56 Å². The molecule has 0 bridgehead atoms. The summed E-state index contributed by atoms with van der Waals surface area (Å²) in [4.78, 5) is 55.7. The van der Waals surface area contributed by atoms with Crippen LogP contribution in [0, 0.1) is 5.82 Å². The molecular formula is C22H26FN5O5S. The average molecular weight is 492 g/mol. The third-order valence-corrected chi connectivity index (χ3v) is 6.23. The average Bonchev–Trinajstić information content (AvgIpc) is 3.13. The van der Waals surface area contributed by atoms with Crippen molar-refractivity contribution in [3.63, 3.8) is 0 Å². The molecule has 1 unspecified atom stereocenters. The Morgan fingerprint density at radius 2 is 1.97 bits per heavy atom. The number of amides is 1. The molecule has 0 aliphatic rings. The van der Waals surface area contributed by atoms with Crippen molar-refractivity contribution >= 4 is 40.5 Å². The van der Waals surface area contributed by atoms with Gasteiger partial charge in [-0.3, -0.25) is 23.9 Å². The minimum Gasteiger partial charge on any atom is -0.457 e. The standard InChI is InChI=1S/C22H26FN5O5S/c1-4-5-10-28-19-18(20(30)26-22(28)32)27(3)16(25-19)11-33-21(31)13(2)34-12-17(29)24-15-8-6-14(23)7-9-15/h6-9,13H,4-5,10-12H2,1-3H3,(H,24,29)(H,26,30,32). The van der Waals surface area contributed by atoms with Crippen LogP contribution in [0.25, 0.3) is 11.2 Å². The van der Waals surface area contributed by atoms with Gasteiger partial charge in [-0.2, -0.15) is 0 Å². The first-order valence-electron chi connectivity index (χ1n) is 10.7. The first kappa shape index (κ1) is 25.2. The number of nitrogens with zero attached hydrogens (tertiary/aromatic N) is 3. The van der Waals surface area contributed by atoms with Crippen molar-refractivity contribution in [2.24, 2.45) is 7.05 Å². The van der Waals surface area contributed by atoms with Crippen molar-refractivity contribution in [3.05, 3.63) is 56.7 Å². The number of aromatic nitrogens is 4. The summed E-state index contributed by atoms with van der Waals surface area (Å²) >= 11 is 1.09. The van der Waals surface area contributed by atoms with E-state index >= 15 is 0 Å². The minimum atomic E-state index is -0.639. The number of fused-ring (bicyclic) bond motifs is 1. The number of unbranched alkanes of at least 4 members (excludes halogenated alkanes) is 1. The Hall–Kier alpha value is -3.41. The highest BCUT2D eigenvalue weighted by molar-refractivity contribution is 8.01. The Bertz CT molecular complexity index is 1300. The Labute approximate surface area is 198 Å². The number of H-pyrrole nitrogens is 1. The van der Waals surface area contributed by atoms with Gasteiger partial charge in [0.15, 0.2) is 11.2 Å². The number of aryl methyl sites for hydroxylation is 2. The van der Waals surface area contributed by atoms with E-state index in [-0.39, 0.29) is 29.4 Å². The highest BCUT2D eigenvalue weighted by Gasteiger charge is 2.20. The van der Waals surface area contributed by atoms with Gasteiger partial charge in [0.1, 0.15) is 23.5 Å². The third-order valence-electron chi connectivity index (χ3n) is 5.11. The maximum atomic E-state index is 12.9. The van der Waals surface area contributed by atoms with Crippen molar-refractivity contribution in [2.75, 3.05) is 11.1 Å². The topological polar surface area (TPSA) is 128 Å². The monoisotopic (exact) mass is 491 g/mol. The lowest BCUT2D eigenvalue weighted by molar-refractivity contribution is -0.144. The number of nitrogens with one attached hydrogen (secondary N) is 2. The normalized spacial score (nSPS) is 12.0. The van der Waals surface area contributed by atoms with E-state index in [4.69, 9.17) is 4.74 Å². The Morgan fingerprint density at radius 3 is 2.65 bits per heavy atom. The maximum absolute atomic E-state index is 12.9. The van der Waals surface area contributed by atoms with E-state index in [2.05, 4.69) is 15.3 Å². The SMILES string of the molecule is CCCCn1c(=O)[nH]c(=O)c2c1nc(COC(=O)C(C)SCC(=O)Nc1ccc(F)cc1)n2C. The summed E-state index contributed by atoms with van der Waals surface area (Å²) < 4.78 is 21.2. The third kappa shape index (κ3) is 5.93. The molecule has 0 saturated carbocycles.